The molecule has 0 amide bonds. The first-order valence-corrected chi connectivity index (χ1v) is 7.80. The van der Waals surface area contributed by atoms with Gasteiger partial charge in [0.1, 0.15) is 16.1 Å². The smallest absolute Gasteiger partial charge is 0.145 e. The number of nitrogens with zero attached hydrogens (tertiary/aromatic N) is 2. The van der Waals surface area contributed by atoms with E-state index >= 15 is 0 Å². The Bertz CT molecular complexity index is 705. The highest BCUT2D eigenvalue weighted by molar-refractivity contribution is 7.85. The fourth-order valence-electron chi connectivity index (χ4n) is 1.75. The second-order valence-electron chi connectivity index (χ2n) is 5.55. The number of fused-ring (bicyclic) bond motifs is 1. The number of hydrogen-bond donors (Lipinski definition) is 0. The predicted molar refractivity (Wildman–Crippen MR) is 86.9 cm³/mol. The van der Waals surface area contributed by atoms with Crippen molar-refractivity contribution >= 4 is 39.2 Å². The Morgan fingerprint density at radius 2 is 1.95 bits per heavy atom. The number of rotatable bonds is 2. The van der Waals surface area contributed by atoms with E-state index in [2.05, 4.69) is 9.38 Å². The molecule has 1 aromatic carbocycles. The van der Waals surface area contributed by atoms with Crippen molar-refractivity contribution in [2.45, 2.75) is 32.4 Å². The lowest BCUT2D eigenvalue weighted by atomic mass is 10.1. The van der Waals surface area contributed by atoms with Gasteiger partial charge < -0.3 is 0 Å². The summed E-state index contributed by atoms with van der Waals surface area (Å²) in [4.78, 5) is 4.28. The molecule has 0 saturated heterocycles. The molecule has 0 spiro atoms. The van der Waals surface area contributed by atoms with E-state index < -0.39 is 11.0 Å². The first-order chi connectivity index (χ1) is 9.29. The van der Waals surface area contributed by atoms with Crippen molar-refractivity contribution in [2.75, 3.05) is 0 Å². The van der Waals surface area contributed by atoms with E-state index in [4.69, 9.17) is 11.6 Å². The molecule has 0 saturated carbocycles. The highest BCUT2D eigenvalue weighted by Gasteiger charge is 2.19. The van der Waals surface area contributed by atoms with Crippen LogP contribution >= 0.6 is 11.6 Å². The Balaban J connectivity index is 2.58. The van der Waals surface area contributed by atoms with Crippen LogP contribution in [0.4, 0.5) is 0 Å². The Kier molecular flexibility index (Phi) is 4.25. The summed E-state index contributed by atoms with van der Waals surface area (Å²) in [6, 6.07) is 9.49. The summed E-state index contributed by atoms with van der Waals surface area (Å²) in [5.74, 6) is 0. The van der Waals surface area contributed by atoms with Gasteiger partial charge in [-0.3, -0.25) is 0 Å². The second kappa shape index (κ2) is 5.62. The molecule has 1 heterocycles. The van der Waals surface area contributed by atoms with Crippen LogP contribution in [0.15, 0.2) is 34.7 Å². The zero-order valence-electron chi connectivity index (χ0n) is 12.0. The van der Waals surface area contributed by atoms with Gasteiger partial charge in [-0.25, -0.2) is 9.19 Å². The summed E-state index contributed by atoms with van der Waals surface area (Å²) < 4.78 is 16.1. The first kappa shape index (κ1) is 15.1. The monoisotopic (exact) mass is 308 g/mol. The fourth-order valence-corrected chi connectivity index (χ4v) is 2.57. The molecule has 0 aliphatic rings. The average molecular weight is 309 g/mol. The normalized spacial score (nSPS) is 14.6. The van der Waals surface area contributed by atoms with Crippen LogP contribution < -0.4 is 0 Å². The predicted octanol–water partition coefficient (Wildman–Crippen LogP) is 4.16. The molecule has 106 valence electrons. The summed E-state index contributed by atoms with van der Waals surface area (Å²) in [7, 11) is -1.29. The third-order valence-electron chi connectivity index (χ3n) is 2.82. The SMILES string of the molecule is CC(=N[S@@](=O)C(C)(C)C)c1cc(Cl)nc2ccccc12. The van der Waals surface area contributed by atoms with Crippen molar-refractivity contribution in [3.63, 3.8) is 0 Å². The van der Waals surface area contributed by atoms with Crippen LogP contribution in [0, 0.1) is 0 Å². The minimum Gasteiger partial charge on any atom is -0.236 e. The molecule has 0 bridgehead atoms. The molecule has 1 atom stereocenters. The van der Waals surface area contributed by atoms with Gasteiger partial charge in [-0.2, -0.15) is 4.40 Å². The topological polar surface area (TPSA) is 42.3 Å². The average Bonchev–Trinajstić information content (AvgIpc) is 2.36. The van der Waals surface area contributed by atoms with Gasteiger partial charge in [0.05, 0.1) is 16.0 Å². The van der Waals surface area contributed by atoms with E-state index in [1.165, 1.54) is 0 Å². The molecule has 0 radical (unpaired) electrons. The Hall–Kier alpha value is -1.26. The lowest BCUT2D eigenvalue weighted by Crippen LogP contribution is -2.20. The van der Waals surface area contributed by atoms with E-state index in [1.807, 2.05) is 52.0 Å². The van der Waals surface area contributed by atoms with Crippen LogP contribution in [0.2, 0.25) is 5.15 Å². The Labute approximate surface area is 126 Å². The van der Waals surface area contributed by atoms with E-state index in [1.54, 1.807) is 6.07 Å². The molecule has 20 heavy (non-hydrogen) atoms. The zero-order valence-corrected chi connectivity index (χ0v) is 13.5. The summed E-state index contributed by atoms with van der Waals surface area (Å²) in [6.45, 7) is 7.55. The molecule has 0 N–H and O–H groups in total. The van der Waals surface area contributed by atoms with Crippen LogP contribution in [-0.4, -0.2) is 19.7 Å². The van der Waals surface area contributed by atoms with E-state index in [-0.39, 0.29) is 4.75 Å². The van der Waals surface area contributed by atoms with Crippen molar-refractivity contribution in [1.82, 2.24) is 4.98 Å². The molecule has 2 aromatic rings. The van der Waals surface area contributed by atoms with Crippen molar-refractivity contribution in [2.24, 2.45) is 4.40 Å². The summed E-state index contributed by atoms with van der Waals surface area (Å²) >= 11 is 6.05. The fraction of sp³-hybridized carbons (Fsp3) is 0.333. The van der Waals surface area contributed by atoms with Crippen LogP contribution in [0.25, 0.3) is 10.9 Å². The van der Waals surface area contributed by atoms with Crippen LogP contribution in [0.5, 0.6) is 0 Å². The molecule has 0 unspecified atom stereocenters. The van der Waals surface area contributed by atoms with Gasteiger partial charge in [-0.05, 0) is 39.8 Å². The zero-order chi connectivity index (χ0) is 14.9. The van der Waals surface area contributed by atoms with E-state index in [9.17, 15) is 4.21 Å². The lowest BCUT2D eigenvalue weighted by Gasteiger charge is -2.14. The molecule has 0 aliphatic carbocycles. The van der Waals surface area contributed by atoms with E-state index in [0.717, 1.165) is 16.5 Å². The summed E-state index contributed by atoms with van der Waals surface area (Å²) in [5, 5.41) is 1.37. The van der Waals surface area contributed by atoms with Gasteiger partial charge in [0.2, 0.25) is 0 Å². The molecule has 5 heteroatoms. The summed E-state index contributed by atoms with van der Waals surface area (Å²) in [6.07, 6.45) is 0. The largest absolute Gasteiger partial charge is 0.236 e. The molecule has 2 rings (SSSR count). The molecular weight excluding hydrogens is 292 g/mol. The standard InChI is InChI=1S/C15H17ClN2OS/c1-10(18-20(19)15(2,3)4)12-9-14(16)17-13-8-6-5-7-11(12)13/h5-9H,1-4H3/t20-/m0/s1. The quantitative estimate of drug-likeness (QED) is 0.617. The Morgan fingerprint density at radius 1 is 1.30 bits per heavy atom. The van der Waals surface area contributed by atoms with Gasteiger partial charge in [0.25, 0.3) is 0 Å². The third-order valence-corrected chi connectivity index (χ3v) is 4.50. The number of benzene rings is 1. The molecule has 1 aromatic heterocycles. The molecule has 3 nitrogen and oxygen atoms in total. The van der Waals surface area contributed by atoms with Gasteiger partial charge in [-0.1, -0.05) is 29.8 Å². The minimum absolute atomic E-state index is 0.381. The maximum Gasteiger partial charge on any atom is 0.145 e. The highest BCUT2D eigenvalue weighted by atomic mass is 35.5. The number of pyridine rings is 1. The Morgan fingerprint density at radius 3 is 2.60 bits per heavy atom. The number of halogens is 1. The van der Waals surface area contributed by atoms with Crippen molar-refractivity contribution in [1.29, 1.82) is 0 Å². The number of aromatic nitrogens is 1. The molecule has 0 fully saturated rings. The van der Waals surface area contributed by atoms with Crippen LogP contribution in [0.3, 0.4) is 0 Å². The third kappa shape index (κ3) is 3.25. The van der Waals surface area contributed by atoms with Crippen molar-refractivity contribution in [3.05, 3.63) is 41.0 Å². The van der Waals surface area contributed by atoms with Crippen molar-refractivity contribution < 1.29 is 4.21 Å². The highest BCUT2D eigenvalue weighted by Crippen LogP contribution is 2.22. The lowest BCUT2D eigenvalue weighted by molar-refractivity contribution is 0.650. The first-order valence-electron chi connectivity index (χ1n) is 6.32. The summed E-state index contributed by atoms with van der Waals surface area (Å²) in [5.41, 5.74) is 2.39. The van der Waals surface area contributed by atoms with Gasteiger partial charge in [0.15, 0.2) is 0 Å². The van der Waals surface area contributed by atoms with Crippen molar-refractivity contribution in [3.8, 4) is 0 Å². The molecule has 0 aliphatic heterocycles. The number of hydrogen-bond acceptors (Lipinski definition) is 2. The van der Waals surface area contributed by atoms with Gasteiger partial charge in [0, 0.05) is 10.9 Å². The van der Waals surface area contributed by atoms with Gasteiger partial charge in [-0.15, -0.1) is 0 Å². The van der Waals surface area contributed by atoms with Gasteiger partial charge >= 0.3 is 0 Å². The van der Waals surface area contributed by atoms with Crippen LogP contribution in [-0.2, 0) is 11.0 Å². The molecular formula is C15H17ClN2OS. The second-order valence-corrected chi connectivity index (χ2v) is 7.84. The maximum absolute atomic E-state index is 12.1. The maximum atomic E-state index is 12.1. The number of para-hydroxylation sites is 1. The minimum atomic E-state index is -1.29. The van der Waals surface area contributed by atoms with Crippen LogP contribution in [0.1, 0.15) is 33.3 Å². The van der Waals surface area contributed by atoms with E-state index in [0.29, 0.717) is 10.9 Å².